The molecule has 1 aromatic rings. The van der Waals surface area contributed by atoms with E-state index < -0.39 is 5.97 Å². The second-order valence-corrected chi connectivity index (χ2v) is 3.10. The van der Waals surface area contributed by atoms with Crippen molar-refractivity contribution in [2.24, 2.45) is 5.73 Å². The minimum absolute atomic E-state index is 0.0984. The van der Waals surface area contributed by atoms with Crippen LogP contribution in [-0.4, -0.2) is 23.6 Å². The Morgan fingerprint density at radius 2 is 1.69 bits per heavy atom. The van der Waals surface area contributed by atoms with Crippen LogP contribution < -0.4 is 5.73 Å². The zero-order valence-corrected chi connectivity index (χ0v) is 8.27. The number of rotatable bonds is 4. The second-order valence-electron chi connectivity index (χ2n) is 3.10. The maximum atomic E-state index is 10.9. The van der Waals surface area contributed by atoms with Gasteiger partial charge in [0.1, 0.15) is 0 Å². The van der Waals surface area contributed by atoms with E-state index in [-0.39, 0.29) is 22.4 Å². The molecule has 0 bridgehead atoms. The van der Waals surface area contributed by atoms with Gasteiger partial charge in [0, 0.05) is 16.8 Å². The van der Waals surface area contributed by atoms with Crippen LogP contribution in [0.5, 0.6) is 0 Å². The molecule has 0 aliphatic rings. The van der Waals surface area contributed by atoms with Gasteiger partial charge in [0.2, 0.25) is 0 Å². The Morgan fingerprint density at radius 1 is 1.25 bits per heavy atom. The summed E-state index contributed by atoms with van der Waals surface area (Å²) in [5.41, 5.74) is 5.40. The molecule has 0 aliphatic heterocycles. The topological polar surface area (TPSA) is 97.5 Å². The molecule has 82 valence electrons. The lowest BCUT2D eigenvalue weighted by Gasteiger charge is -2.07. The summed E-state index contributed by atoms with van der Waals surface area (Å²) in [6.07, 6.45) is 0.728. The molecule has 0 amide bonds. The minimum Gasteiger partial charge on any atom is -0.478 e. The van der Waals surface area contributed by atoms with Crippen molar-refractivity contribution in [3.8, 4) is 0 Å². The number of carbonyl (C=O) groups is 3. The van der Waals surface area contributed by atoms with Crippen molar-refractivity contribution >= 4 is 24.2 Å². The third-order valence-electron chi connectivity index (χ3n) is 2.04. The molecule has 0 spiro atoms. The Balaban J connectivity index is 3.61. The number of aromatic carboxylic acids is 1. The number of hydrogen-bond acceptors (Lipinski definition) is 4. The quantitative estimate of drug-likeness (QED) is 0.734. The maximum Gasteiger partial charge on any atom is 0.337 e. The minimum atomic E-state index is -1.33. The van der Waals surface area contributed by atoms with Gasteiger partial charge < -0.3 is 10.8 Å². The van der Waals surface area contributed by atoms with Crippen LogP contribution in [0.15, 0.2) is 18.7 Å². The Bertz CT molecular complexity index is 462. The number of carboxylic acid groups (broad SMARTS) is 1. The van der Waals surface area contributed by atoms with Crippen molar-refractivity contribution in [1.82, 2.24) is 0 Å². The molecule has 0 aromatic heterocycles. The molecule has 5 heteroatoms. The maximum absolute atomic E-state index is 10.9. The standard InChI is InChI=1S/C11H9NO4/c1-6(12)7-2-8(4-13)10(11(15)16)9(3-7)5-14/h2-5H,1,12H2,(H,15,16). The zero-order valence-electron chi connectivity index (χ0n) is 8.27. The van der Waals surface area contributed by atoms with Gasteiger partial charge in [-0.2, -0.15) is 0 Å². The fraction of sp³-hybridized carbons (Fsp3) is 0. The molecule has 3 N–H and O–H groups in total. The molecule has 0 unspecified atom stereocenters. The monoisotopic (exact) mass is 219 g/mol. The van der Waals surface area contributed by atoms with Crippen molar-refractivity contribution in [3.05, 3.63) is 41.0 Å². The number of hydrogen-bond donors (Lipinski definition) is 2. The first-order valence-corrected chi connectivity index (χ1v) is 4.27. The number of aldehydes is 2. The molecule has 0 fully saturated rings. The van der Waals surface area contributed by atoms with Crippen molar-refractivity contribution in [2.75, 3.05) is 0 Å². The van der Waals surface area contributed by atoms with Crippen molar-refractivity contribution in [3.63, 3.8) is 0 Å². The van der Waals surface area contributed by atoms with Gasteiger partial charge in [-0.1, -0.05) is 6.58 Å². The van der Waals surface area contributed by atoms with E-state index in [0.29, 0.717) is 18.1 Å². The van der Waals surface area contributed by atoms with Gasteiger partial charge in [0.25, 0.3) is 0 Å². The summed E-state index contributed by atoms with van der Waals surface area (Å²) in [4.78, 5) is 32.3. The predicted octanol–water partition coefficient (Wildman–Crippen LogP) is 0.939. The molecule has 0 heterocycles. The molecule has 1 aromatic carbocycles. The van der Waals surface area contributed by atoms with Gasteiger partial charge >= 0.3 is 5.97 Å². The van der Waals surface area contributed by atoms with E-state index in [9.17, 15) is 14.4 Å². The van der Waals surface area contributed by atoms with Crippen LogP contribution >= 0.6 is 0 Å². The first-order valence-electron chi connectivity index (χ1n) is 4.27. The van der Waals surface area contributed by atoms with Gasteiger partial charge in [-0.15, -0.1) is 0 Å². The van der Waals surface area contributed by atoms with Crippen LogP contribution in [0.1, 0.15) is 36.6 Å². The molecule has 16 heavy (non-hydrogen) atoms. The highest BCUT2D eigenvalue weighted by atomic mass is 16.4. The largest absolute Gasteiger partial charge is 0.478 e. The summed E-state index contributed by atoms with van der Waals surface area (Å²) in [5, 5.41) is 8.87. The summed E-state index contributed by atoms with van der Waals surface area (Å²) in [6, 6.07) is 2.57. The van der Waals surface area contributed by atoms with Gasteiger partial charge in [0.05, 0.1) is 5.56 Å². The molecular weight excluding hydrogens is 210 g/mol. The van der Waals surface area contributed by atoms with Crippen molar-refractivity contribution < 1.29 is 19.5 Å². The van der Waals surface area contributed by atoms with Crippen LogP contribution in [0, 0.1) is 0 Å². The first kappa shape index (κ1) is 11.6. The van der Waals surface area contributed by atoms with E-state index >= 15 is 0 Å². The molecule has 1 rings (SSSR count). The van der Waals surface area contributed by atoms with Crippen molar-refractivity contribution in [2.45, 2.75) is 0 Å². The van der Waals surface area contributed by atoms with E-state index in [4.69, 9.17) is 10.8 Å². The number of nitrogens with two attached hydrogens (primary N) is 1. The van der Waals surface area contributed by atoms with Gasteiger partial charge in [-0.05, 0) is 17.7 Å². The van der Waals surface area contributed by atoms with E-state index in [2.05, 4.69) is 6.58 Å². The summed E-state index contributed by atoms with van der Waals surface area (Å²) in [7, 11) is 0. The SMILES string of the molecule is C=C(N)c1cc(C=O)c(C(=O)O)c(C=O)c1. The normalized spacial score (nSPS) is 9.50. The number of carboxylic acids is 1. The van der Waals surface area contributed by atoms with E-state index in [1.54, 1.807) is 0 Å². The van der Waals surface area contributed by atoms with Gasteiger partial charge in [-0.3, -0.25) is 9.59 Å². The summed E-state index contributed by atoms with van der Waals surface area (Å²) < 4.78 is 0. The number of carbonyl (C=O) groups excluding carboxylic acids is 2. The predicted molar refractivity (Wildman–Crippen MR) is 57.4 cm³/mol. The number of benzene rings is 1. The van der Waals surface area contributed by atoms with Crippen molar-refractivity contribution in [1.29, 1.82) is 0 Å². The highest BCUT2D eigenvalue weighted by Gasteiger charge is 2.16. The highest BCUT2D eigenvalue weighted by molar-refractivity contribution is 6.04. The van der Waals surface area contributed by atoms with Crippen LogP contribution in [-0.2, 0) is 0 Å². The zero-order chi connectivity index (χ0) is 12.3. The Morgan fingerprint density at radius 3 is 1.94 bits per heavy atom. The average molecular weight is 219 g/mol. The fourth-order valence-electron chi connectivity index (χ4n) is 1.31. The summed E-state index contributed by atoms with van der Waals surface area (Å²) in [6.45, 7) is 3.45. The molecule has 0 aliphatic carbocycles. The van der Waals surface area contributed by atoms with E-state index in [1.165, 1.54) is 12.1 Å². The third-order valence-corrected chi connectivity index (χ3v) is 2.04. The smallest absolute Gasteiger partial charge is 0.337 e. The Hall–Kier alpha value is -2.43. The van der Waals surface area contributed by atoms with Gasteiger partial charge in [-0.25, -0.2) is 4.79 Å². The van der Waals surface area contributed by atoms with Crippen LogP contribution in [0.25, 0.3) is 5.70 Å². The van der Waals surface area contributed by atoms with Crippen LogP contribution in [0.4, 0.5) is 0 Å². The van der Waals surface area contributed by atoms with Crippen LogP contribution in [0.3, 0.4) is 0 Å². The average Bonchev–Trinajstić information content (AvgIpc) is 2.26. The molecular formula is C11H9NO4. The first-order chi connectivity index (χ1) is 7.51. The Labute approximate surface area is 91.2 Å². The lowest BCUT2D eigenvalue weighted by atomic mass is 9.98. The van der Waals surface area contributed by atoms with Crippen LogP contribution in [0.2, 0.25) is 0 Å². The second kappa shape index (κ2) is 4.39. The summed E-state index contributed by atoms with van der Waals surface area (Å²) in [5.74, 6) is -1.33. The highest BCUT2D eigenvalue weighted by Crippen LogP contribution is 2.18. The third kappa shape index (κ3) is 1.98. The van der Waals surface area contributed by atoms with E-state index in [0.717, 1.165) is 0 Å². The lowest BCUT2D eigenvalue weighted by Crippen LogP contribution is -2.09. The van der Waals surface area contributed by atoms with Gasteiger partial charge in [0.15, 0.2) is 12.6 Å². The molecule has 0 saturated heterocycles. The fourth-order valence-corrected chi connectivity index (χ4v) is 1.31. The van der Waals surface area contributed by atoms with E-state index in [1.807, 2.05) is 0 Å². The molecule has 0 saturated carbocycles. The summed E-state index contributed by atoms with van der Waals surface area (Å²) >= 11 is 0. The Kier molecular flexibility index (Phi) is 3.20. The molecule has 5 nitrogen and oxygen atoms in total. The molecule has 0 atom stereocenters. The lowest BCUT2D eigenvalue weighted by molar-refractivity contribution is 0.0691. The molecule has 0 radical (unpaired) electrons.